The van der Waals surface area contributed by atoms with Crippen molar-refractivity contribution in [1.82, 2.24) is 0 Å². The third kappa shape index (κ3) is 2.99. The van der Waals surface area contributed by atoms with Gasteiger partial charge in [-0.15, -0.1) is 0 Å². The van der Waals surface area contributed by atoms with Crippen LogP contribution in [-0.4, -0.2) is 6.73 Å². The SMILES string of the molecule is Cc1c(C)c2ccc3c(c2oc1=O)CN(c1ccc(C(C)(C)C)cc1)CO3. The smallest absolute Gasteiger partial charge is 0.339 e. The normalized spacial score (nSPS) is 14.2. The zero-order valence-corrected chi connectivity index (χ0v) is 16.6. The zero-order valence-electron chi connectivity index (χ0n) is 16.6. The van der Waals surface area contributed by atoms with E-state index in [0.717, 1.165) is 28.0 Å². The van der Waals surface area contributed by atoms with Crippen LogP contribution in [0.2, 0.25) is 0 Å². The van der Waals surface area contributed by atoms with E-state index in [1.165, 1.54) is 5.56 Å². The van der Waals surface area contributed by atoms with Crippen molar-refractivity contribution in [3.05, 3.63) is 69.1 Å². The number of nitrogens with zero attached hydrogens (tertiary/aromatic N) is 1. The van der Waals surface area contributed by atoms with Gasteiger partial charge < -0.3 is 14.1 Å². The Balaban J connectivity index is 1.75. The monoisotopic (exact) mass is 363 g/mol. The van der Waals surface area contributed by atoms with Gasteiger partial charge in [0.05, 0.1) is 12.1 Å². The molecule has 0 bridgehead atoms. The van der Waals surface area contributed by atoms with Gasteiger partial charge in [0.25, 0.3) is 0 Å². The number of hydrogen-bond acceptors (Lipinski definition) is 4. The predicted molar refractivity (Wildman–Crippen MR) is 109 cm³/mol. The predicted octanol–water partition coefficient (Wildman–Crippen LogP) is 5.06. The Hall–Kier alpha value is -2.75. The molecule has 1 aliphatic heterocycles. The Morgan fingerprint density at radius 1 is 0.963 bits per heavy atom. The Morgan fingerprint density at radius 2 is 1.67 bits per heavy atom. The first-order valence-electron chi connectivity index (χ1n) is 9.30. The summed E-state index contributed by atoms with van der Waals surface area (Å²) in [7, 11) is 0. The fourth-order valence-corrected chi connectivity index (χ4v) is 3.55. The van der Waals surface area contributed by atoms with Crippen LogP contribution in [0.1, 0.15) is 43.0 Å². The molecule has 0 fully saturated rings. The maximum atomic E-state index is 12.2. The minimum Gasteiger partial charge on any atom is -0.473 e. The van der Waals surface area contributed by atoms with E-state index < -0.39 is 0 Å². The average molecular weight is 363 g/mol. The second-order valence-corrected chi connectivity index (χ2v) is 8.33. The topological polar surface area (TPSA) is 42.7 Å². The van der Waals surface area contributed by atoms with Crippen LogP contribution in [0, 0.1) is 13.8 Å². The van der Waals surface area contributed by atoms with E-state index in [-0.39, 0.29) is 11.0 Å². The number of fused-ring (bicyclic) bond motifs is 3. The van der Waals surface area contributed by atoms with Crippen LogP contribution < -0.4 is 15.3 Å². The molecule has 4 heteroatoms. The Kier molecular flexibility index (Phi) is 4.02. The summed E-state index contributed by atoms with van der Waals surface area (Å²) in [6, 6.07) is 12.6. The van der Waals surface area contributed by atoms with Crippen molar-refractivity contribution >= 4 is 16.7 Å². The summed E-state index contributed by atoms with van der Waals surface area (Å²) in [4.78, 5) is 14.4. The van der Waals surface area contributed by atoms with Crippen LogP contribution in [0.5, 0.6) is 5.75 Å². The van der Waals surface area contributed by atoms with Crippen molar-refractivity contribution in [2.75, 3.05) is 11.6 Å². The molecule has 0 spiro atoms. The van der Waals surface area contributed by atoms with Gasteiger partial charge in [0, 0.05) is 16.6 Å². The zero-order chi connectivity index (χ0) is 19.3. The molecule has 0 saturated heterocycles. The van der Waals surface area contributed by atoms with Crippen molar-refractivity contribution in [3.63, 3.8) is 0 Å². The molecular weight excluding hydrogens is 338 g/mol. The summed E-state index contributed by atoms with van der Waals surface area (Å²) in [6.45, 7) is 11.5. The summed E-state index contributed by atoms with van der Waals surface area (Å²) in [5.74, 6) is 0.788. The lowest BCUT2D eigenvalue weighted by molar-refractivity contribution is 0.289. The molecule has 0 saturated carbocycles. The summed E-state index contributed by atoms with van der Waals surface area (Å²) in [5, 5.41) is 0.972. The molecular formula is C23H25NO3. The number of rotatable bonds is 1. The van der Waals surface area contributed by atoms with Gasteiger partial charge in [-0.25, -0.2) is 4.79 Å². The van der Waals surface area contributed by atoms with E-state index in [1.807, 2.05) is 19.1 Å². The summed E-state index contributed by atoms with van der Waals surface area (Å²) in [6.07, 6.45) is 0. The highest BCUT2D eigenvalue weighted by atomic mass is 16.5. The largest absolute Gasteiger partial charge is 0.473 e. The first-order valence-corrected chi connectivity index (χ1v) is 9.30. The molecule has 4 nitrogen and oxygen atoms in total. The molecule has 3 aromatic rings. The van der Waals surface area contributed by atoms with Gasteiger partial charge in [0.1, 0.15) is 11.3 Å². The molecule has 1 aliphatic rings. The van der Waals surface area contributed by atoms with Crippen molar-refractivity contribution < 1.29 is 9.15 Å². The molecule has 27 heavy (non-hydrogen) atoms. The van der Waals surface area contributed by atoms with E-state index in [4.69, 9.17) is 9.15 Å². The van der Waals surface area contributed by atoms with E-state index in [9.17, 15) is 4.79 Å². The van der Waals surface area contributed by atoms with Gasteiger partial charge in [0.2, 0.25) is 0 Å². The first-order chi connectivity index (χ1) is 12.8. The minimum atomic E-state index is -0.278. The van der Waals surface area contributed by atoms with E-state index in [2.05, 4.69) is 49.9 Å². The molecule has 4 rings (SSSR count). The van der Waals surface area contributed by atoms with Crippen molar-refractivity contribution in [2.24, 2.45) is 0 Å². The summed E-state index contributed by atoms with van der Waals surface area (Å²) >= 11 is 0. The fourth-order valence-electron chi connectivity index (χ4n) is 3.55. The number of hydrogen-bond donors (Lipinski definition) is 0. The third-order valence-corrected chi connectivity index (χ3v) is 5.51. The van der Waals surface area contributed by atoms with Crippen LogP contribution in [-0.2, 0) is 12.0 Å². The lowest BCUT2D eigenvalue weighted by Crippen LogP contribution is -2.32. The molecule has 0 unspecified atom stereocenters. The van der Waals surface area contributed by atoms with Crippen LogP contribution in [0.4, 0.5) is 5.69 Å². The molecule has 0 aliphatic carbocycles. The number of benzene rings is 2. The number of aryl methyl sites for hydroxylation is 1. The maximum absolute atomic E-state index is 12.2. The van der Waals surface area contributed by atoms with Gasteiger partial charge >= 0.3 is 5.63 Å². The molecule has 0 amide bonds. The van der Waals surface area contributed by atoms with Crippen molar-refractivity contribution in [1.29, 1.82) is 0 Å². The fraction of sp³-hybridized carbons (Fsp3) is 0.348. The summed E-state index contributed by atoms with van der Waals surface area (Å²) in [5.41, 5.74) is 5.43. The molecule has 0 atom stereocenters. The second-order valence-electron chi connectivity index (χ2n) is 8.33. The van der Waals surface area contributed by atoms with Gasteiger partial charge in [-0.3, -0.25) is 0 Å². The number of ether oxygens (including phenoxy) is 1. The Bertz CT molecular complexity index is 1070. The third-order valence-electron chi connectivity index (χ3n) is 5.51. The van der Waals surface area contributed by atoms with Crippen LogP contribution in [0.3, 0.4) is 0 Å². The molecule has 0 N–H and O–H groups in total. The van der Waals surface area contributed by atoms with Gasteiger partial charge in [-0.2, -0.15) is 0 Å². The van der Waals surface area contributed by atoms with E-state index in [1.54, 1.807) is 6.92 Å². The molecule has 140 valence electrons. The van der Waals surface area contributed by atoms with Crippen molar-refractivity contribution in [2.45, 2.75) is 46.6 Å². The summed E-state index contributed by atoms with van der Waals surface area (Å²) < 4.78 is 11.6. The quantitative estimate of drug-likeness (QED) is 0.567. The highest BCUT2D eigenvalue weighted by molar-refractivity contribution is 5.86. The van der Waals surface area contributed by atoms with Crippen LogP contribution in [0.25, 0.3) is 11.0 Å². The maximum Gasteiger partial charge on any atom is 0.339 e. The van der Waals surface area contributed by atoms with E-state index >= 15 is 0 Å². The van der Waals surface area contributed by atoms with Crippen molar-refractivity contribution in [3.8, 4) is 5.75 Å². The minimum absolute atomic E-state index is 0.124. The Morgan fingerprint density at radius 3 is 2.33 bits per heavy atom. The van der Waals surface area contributed by atoms with Crippen LogP contribution >= 0.6 is 0 Å². The second kappa shape index (κ2) is 6.15. The van der Waals surface area contributed by atoms with Crippen LogP contribution in [0.15, 0.2) is 45.6 Å². The van der Waals surface area contributed by atoms with Gasteiger partial charge in [0.15, 0.2) is 6.73 Å². The molecule has 2 aromatic carbocycles. The lowest BCUT2D eigenvalue weighted by atomic mass is 9.87. The average Bonchev–Trinajstić information content (AvgIpc) is 2.65. The molecule has 2 heterocycles. The first kappa shape index (κ1) is 17.7. The Labute approximate surface area is 159 Å². The molecule has 0 radical (unpaired) electrons. The van der Waals surface area contributed by atoms with Gasteiger partial charge in [-0.1, -0.05) is 32.9 Å². The van der Waals surface area contributed by atoms with Gasteiger partial charge in [-0.05, 0) is 54.7 Å². The highest BCUT2D eigenvalue weighted by Crippen LogP contribution is 2.35. The number of anilines is 1. The molecule has 1 aromatic heterocycles. The highest BCUT2D eigenvalue weighted by Gasteiger charge is 2.23. The lowest BCUT2D eigenvalue weighted by Gasteiger charge is -2.31. The standard InChI is InChI=1S/C23H25NO3/c1-14-15(2)22(25)27-21-18(14)10-11-20-19(21)12-24(13-26-20)17-8-6-16(7-9-17)23(3,4)5/h6-11H,12-13H2,1-5H3. The van der Waals surface area contributed by atoms with E-state index in [0.29, 0.717) is 24.4 Å².